The van der Waals surface area contributed by atoms with E-state index in [1.807, 2.05) is 33.0 Å². The number of pyridine rings is 1. The highest BCUT2D eigenvalue weighted by molar-refractivity contribution is 5.83. The molecule has 0 saturated carbocycles. The summed E-state index contributed by atoms with van der Waals surface area (Å²) in [6, 6.07) is 1.86. The van der Waals surface area contributed by atoms with Gasteiger partial charge in [0.05, 0.1) is 11.9 Å². The zero-order valence-corrected chi connectivity index (χ0v) is 11.5. The van der Waals surface area contributed by atoms with E-state index in [2.05, 4.69) is 9.97 Å². The minimum atomic E-state index is -0.441. The number of ether oxygens (including phenoxy) is 1. The standard InChI is InChI=1S/C14H19N3O2/c1-14(2,3)19-12(18)5-4-9-7-16-13-11(9)6-10(15)8-17-13/h6-8H,4-5,15H2,1-3H3,(H,16,17). The molecule has 0 atom stereocenters. The van der Waals surface area contributed by atoms with Crippen molar-refractivity contribution in [1.82, 2.24) is 9.97 Å². The quantitative estimate of drug-likeness (QED) is 0.831. The van der Waals surface area contributed by atoms with Gasteiger partial charge in [0.1, 0.15) is 11.2 Å². The number of H-pyrrole nitrogens is 1. The second-order valence-corrected chi connectivity index (χ2v) is 5.57. The van der Waals surface area contributed by atoms with E-state index in [0.29, 0.717) is 18.5 Å². The van der Waals surface area contributed by atoms with Crippen LogP contribution >= 0.6 is 0 Å². The maximum atomic E-state index is 11.7. The molecule has 0 aliphatic heterocycles. The highest BCUT2D eigenvalue weighted by Crippen LogP contribution is 2.20. The number of hydrogen-bond acceptors (Lipinski definition) is 4. The fourth-order valence-electron chi connectivity index (χ4n) is 1.91. The lowest BCUT2D eigenvalue weighted by atomic mass is 10.1. The second-order valence-electron chi connectivity index (χ2n) is 5.57. The van der Waals surface area contributed by atoms with Crippen LogP contribution < -0.4 is 5.73 Å². The van der Waals surface area contributed by atoms with Gasteiger partial charge >= 0.3 is 5.97 Å². The van der Waals surface area contributed by atoms with E-state index < -0.39 is 5.60 Å². The van der Waals surface area contributed by atoms with Gasteiger partial charge in [-0.2, -0.15) is 0 Å². The van der Waals surface area contributed by atoms with E-state index in [9.17, 15) is 4.79 Å². The molecule has 2 rings (SSSR count). The molecule has 3 N–H and O–H groups in total. The Hall–Kier alpha value is -2.04. The van der Waals surface area contributed by atoms with Crippen molar-refractivity contribution in [2.75, 3.05) is 5.73 Å². The second kappa shape index (κ2) is 4.91. The van der Waals surface area contributed by atoms with Gasteiger partial charge in [-0.1, -0.05) is 0 Å². The fraction of sp³-hybridized carbons (Fsp3) is 0.429. The van der Waals surface area contributed by atoms with Crippen LogP contribution in [0.4, 0.5) is 5.69 Å². The van der Waals surface area contributed by atoms with Gasteiger partial charge in [0.2, 0.25) is 0 Å². The predicted octanol–water partition coefficient (Wildman–Crippen LogP) is 2.42. The number of nitrogens with zero attached hydrogens (tertiary/aromatic N) is 1. The molecule has 0 aliphatic carbocycles. The minimum absolute atomic E-state index is 0.196. The molecular formula is C14H19N3O2. The summed E-state index contributed by atoms with van der Waals surface area (Å²) in [6.45, 7) is 5.59. The monoisotopic (exact) mass is 261 g/mol. The van der Waals surface area contributed by atoms with E-state index in [1.165, 1.54) is 0 Å². The number of carbonyl (C=O) groups excluding carboxylic acids is 1. The number of aromatic nitrogens is 2. The number of aromatic amines is 1. The first-order chi connectivity index (χ1) is 8.85. The maximum Gasteiger partial charge on any atom is 0.306 e. The average Bonchev–Trinajstić information content (AvgIpc) is 2.66. The molecule has 5 nitrogen and oxygen atoms in total. The van der Waals surface area contributed by atoms with Gasteiger partial charge in [-0.3, -0.25) is 4.79 Å². The van der Waals surface area contributed by atoms with Crippen LogP contribution in [0.2, 0.25) is 0 Å². The number of aryl methyl sites for hydroxylation is 1. The fourth-order valence-corrected chi connectivity index (χ4v) is 1.91. The summed E-state index contributed by atoms with van der Waals surface area (Å²) < 4.78 is 5.28. The summed E-state index contributed by atoms with van der Waals surface area (Å²) in [5.41, 5.74) is 7.71. The third kappa shape index (κ3) is 3.47. The van der Waals surface area contributed by atoms with Gasteiger partial charge in [0.15, 0.2) is 0 Å². The van der Waals surface area contributed by atoms with Crippen LogP contribution in [0.1, 0.15) is 32.8 Å². The Balaban J connectivity index is 2.06. The Morgan fingerprint density at radius 2 is 2.21 bits per heavy atom. The van der Waals surface area contributed by atoms with E-state index in [0.717, 1.165) is 16.6 Å². The van der Waals surface area contributed by atoms with Crippen molar-refractivity contribution in [3.63, 3.8) is 0 Å². The molecule has 102 valence electrons. The van der Waals surface area contributed by atoms with E-state index in [1.54, 1.807) is 6.20 Å². The van der Waals surface area contributed by atoms with E-state index >= 15 is 0 Å². The van der Waals surface area contributed by atoms with E-state index in [4.69, 9.17) is 10.5 Å². The van der Waals surface area contributed by atoms with Crippen LogP contribution in [0.15, 0.2) is 18.5 Å². The van der Waals surface area contributed by atoms with Crippen LogP contribution in [-0.2, 0) is 16.0 Å². The summed E-state index contributed by atoms with van der Waals surface area (Å²) in [4.78, 5) is 18.9. The number of esters is 1. The van der Waals surface area contributed by atoms with Gasteiger partial charge in [0, 0.05) is 18.0 Å². The summed E-state index contributed by atoms with van der Waals surface area (Å²) in [6.07, 6.45) is 4.43. The molecular weight excluding hydrogens is 242 g/mol. The first-order valence-corrected chi connectivity index (χ1v) is 6.28. The molecule has 2 heterocycles. The number of nitrogens with two attached hydrogens (primary N) is 1. The molecule has 2 aromatic heterocycles. The molecule has 19 heavy (non-hydrogen) atoms. The highest BCUT2D eigenvalue weighted by Gasteiger charge is 2.16. The zero-order chi connectivity index (χ0) is 14.0. The Bertz CT molecular complexity index is 596. The Morgan fingerprint density at radius 1 is 1.47 bits per heavy atom. The number of rotatable bonds is 3. The Morgan fingerprint density at radius 3 is 2.89 bits per heavy atom. The van der Waals surface area contributed by atoms with E-state index in [-0.39, 0.29) is 5.97 Å². The van der Waals surface area contributed by atoms with Gasteiger partial charge in [-0.15, -0.1) is 0 Å². The number of hydrogen-bond donors (Lipinski definition) is 2. The topological polar surface area (TPSA) is 81.0 Å². The molecule has 0 aliphatic rings. The van der Waals surface area contributed by atoms with Gasteiger partial charge in [-0.25, -0.2) is 4.98 Å². The maximum absolute atomic E-state index is 11.7. The first kappa shape index (κ1) is 13.4. The molecule has 0 fully saturated rings. The predicted molar refractivity (Wildman–Crippen MR) is 74.7 cm³/mol. The minimum Gasteiger partial charge on any atom is -0.460 e. The summed E-state index contributed by atoms with van der Waals surface area (Å²) in [5, 5.41) is 0.962. The average molecular weight is 261 g/mol. The molecule has 0 unspecified atom stereocenters. The van der Waals surface area contributed by atoms with Crippen LogP contribution in [0.25, 0.3) is 11.0 Å². The normalized spacial score (nSPS) is 11.7. The van der Waals surface area contributed by atoms with Gasteiger partial charge in [-0.05, 0) is 38.8 Å². The van der Waals surface area contributed by atoms with Crippen molar-refractivity contribution < 1.29 is 9.53 Å². The summed E-state index contributed by atoms with van der Waals surface area (Å²) >= 11 is 0. The van der Waals surface area contributed by atoms with Gasteiger partial charge in [0.25, 0.3) is 0 Å². The lowest BCUT2D eigenvalue weighted by molar-refractivity contribution is -0.154. The van der Waals surface area contributed by atoms with Gasteiger partial charge < -0.3 is 15.5 Å². The third-order valence-electron chi connectivity index (χ3n) is 2.66. The van der Waals surface area contributed by atoms with Crippen molar-refractivity contribution in [2.24, 2.45) is 0 Å². The van der Waals surface area contributed by atoms with Crippen molar-refractivity contribution >= 4 is 22.7 Å². The number of carbonyl (C=O) groups is 1. The first-order valence-electron chi connectivity index (χ1n) is 6.28. The number of nitrogens with one attached hydrogen (secondary N) is 1. The molecule has 0 bridgehead atoms. The lowest BCUT2D eigenvalue weighted by Gasteiger charge is -2.19. The van der Waals surface area contributed by atoms with Crippen molar-refractivity contribution in [1.29, 1.82) is 0 Å². The summed E-state index contributed by atoms with van der Waals surface area (Å²) in [7, 11) is 0. The van der Waals surface area contributed by atoms with Crippen molar-refractivity contribution in [3.05, 3.63) is 24.0 Å². The SMILES string of the molecule is CC(C)(C)OC(=O)CCc1c[nH]c2ncc(N)cc12. The largest absolute Gasteiger partial charge is 0.460 e. The number of fused-ring (bicyclic) bond motifs is 1. The van der Waals surface area contributed by atoms with Crippen LogP contribution in [0.5, 0.6) is 0 Å². The summed E-state index contributed by atoms with van der Waals surface area (Å²) in [5.74, 6) is -0.196. The molecule has 5 heteroatoms. The molecule has 0 amide bonds. The number of anilines is 1. The highest BCUT2D eigenvalue weighted by atomic mass is 16.6. The molecule has 0 saturated heterocycles. The Kier molecular flexibility index (Phi) is 3.46. The third-order valence-corrected chi connectivity index (χ3v) is 2.66. The lowest BCUT2D eigenvalue weighted by Crippen LogP contribution is -2.23. The van der Waals surface area contributed by atoms with Crippen molar-refractivity contribution in [2.45, 2.75) is 39.2 Å². The zero-order valence-electron chi connectivity index (χ0n) is 11.5. The molecule has 0 aromatic carbocycles. The molecule has 0 radical (unpaired) electrons. The molecule has 0 spiro atoms. The number of nitrogen functional groups attached to an aromatic ring is 1. The Labute approximate surface area is 112 Å². The van der Waals surface area contributed by atoms with Crippen LogP contribution in [-0.4, -0.2) is 21.5 Å². The van der Waals surface area contributed by atoms with Crippen LogP contribution in [0, 0.1) is 0 Å². The van der Waals surface area contributed by atoms with Crippen LogP contribution in [0.3, 0.4) is 0 Å². The smallest absolute Gasteiger partial charge is 0.306 e. The molecule has 2 aromatic rings. The van der Waals surface area contributed by atoms with Crippen molar-refractivity contribution in [3.8, 4) is 0 Å².